The zero-order chi connectivity index (χ0) is 20.1. The van der Waals surface area contributed by atoms with Gasteiger partial charge in [0.1, 0.15) is 11.6 Å². The van der Waals surface area contributed by atoms with E-state index < -0.39 is 11.6 Å². The average molecular weight is 383 g/mol. The fourth-order valence-corrected chi connectivity index (χ4v) is 3.80. The van der Waals surface area contributed by atoms with Crippen molar-refractivity contribution < 1.29 is 9.59 Å². The van der Waals surface area contributed by atoms with Crippen LogP contribution in [0.25, 0.3) is 0 Å². The zero-order valence-corrected chi connectivity index (χ0v) is 16.8. The third-order valence-electron chi connectivity index (χ3n) is 5.70. The Balaban J connectivity index is 1.55. The van der Waals surface area contributed by atoms with E-state index >= 15 is 0 Å². The van der Waals surface area contributed by atoms with Gasteiger partial charge in [0.2, 0.25) is 5.91 Å². The lowest BCUT2D eigenvalue weighted by Crippen LogP contribution is -2.54. The second-order valence-corrected chi connectivity index (χ2v) is 8.49. The highest BCUT2D eigenvalue weighted by Crippen LogP contribution is 2.34. The van der Waals surface area contributed by atoms with Crippen molar-refractivity contribution in [3.8, 4) is 6.07 Å². The molecule has 3 rings (SSSR count). The van der Waals surface area contributed by atoms with E-state index in [0.29, 0.717) is 38.3 Å². The van der Waals surface area contributed by atoms with E-state index in [9.17, 15) is 14.9 Å². The minimum atomic E-state index is -0.717. The number of nitrogens with one attached hydrogen (secondary N) is 2. The van der Waals surface area contributed by atoms with Crippen LogP contribution in [0.5, 0.6) is 0 Å². The van der Waals surface area contributed by atoms with Gasteiger partial charge in [-0.05, 0) is 49.5 Å². The van der Waals surface area contributed by atoms with E-state index in [-0.39, 0.29) is 17.9 Å². The number of nitrogens with zero attached hydrogens (tertiary/aromatic N) is 2. The Kier molecular flexibility index (Phi) is 6.23. The fourth-order valence-electron chi connectivity index (χ4n) is 3.80. The van der Waals surface area contributed by atoms with E-state index in [4.69, 9.17) is 0 Å². The van der Waals surface area contributed by atoms with Gasteiger partial charge in [-0.3, -0.25) is 4.79 Å². The third kappa shape index (κ3) is 5.03. The van der Waals surface area contributed by atoms with Crippen LogP contribution in [0.1, 0.15) is 57.4 Å². The molecule has 1 heterocycles. The predicted molar refractivity (Wildman–Crippen MR) is 107 cm³/mol. The quantitative estimate of drug-likeness (QED) is 0.792. The SMILES string of the molecule is CC(C)CC(NC(=O)N1CCC(c2ccccc2)CC1)C(=O)NC1(C#N)CC1. The van der Waals surface area contributed by atoms with Crippen molar-refractivity contribution in [2.24, 2.45) is 5.92 Å². The van der Waals surface area contributed by atoms with Crippen molar-refractivity contribution in [1.82, 2.24) is 15.5 Å². The molecule has 2 N–H and O–H groups in total. The smallest absolute Gasteiger partial charge is 0.318 e. The molecule has 2 aliphatic rings. The Morgan fingerprint density at radius 2 is 1.86 bits per heavy atom. The highest BCUT2D eigenvalue weighted by Gasteiger charge is 2.45. The average Bonchev–Trinajstić information content (AvgIpc) is 3.48. The normalized spacial score (nSPS) is 19.6. The van der Waals surface area contributed by atoms with E-state index in [1.54, 1.807) is 4.90 Å². The van der Waals surface area contributed by atoms with E-state index in [2.05, 4.69) is 41.0 Å². The second kappa shape index (κ2) is 8.64. The minimum Gasteiger partial charge on any atom is -0.336 e. The summed E-state index contributed by atoms with van der Waals surface area (Å²) >= 11 is 0. The number of carbonyl (C=O) groups is 2. The molecule has 2 fully saturated rings. The lowest BCUT2D eigenvalue weighted by atomic mass is 9.89. The predicted octanol–water partition coefficient (Wildman–Crippen LogP) is 3.16. The van der Waals surface area contributed by atoms with Crippen LogP contribution in [0.3, 0.4) is 0 Å². The number of amides is 3. The van der Waals surface area contributed by atoms with Gasteiger partial charge < -0.3 is 15.5 Å². The number of benzene rings is 1. The molecular formula is C22H30N4O2. The topological polar surface area (TPSA) is 85.2 Å². The molecule has 1 aliphatic heterocycles. The van der Waals surface area contributed by atoms with E-state index in [1.165, 1.54) is 5.56 Å². The number of hydrogen-bond donors (Lipinski definition) is 2. The van der Waals surface area contributed by atoms with Gasteiger partial charge in [0.05, 0.1) is 6.07 Å². The fraction of sp³-hybridized carbons (Fsp3) is 0.591. The summed E-state index contributed by atoms with van der Waals surface area (Å²) in [5, 5.41) is 15.0. The molecule has 3 amide bonds. The first-order valence-corrected chi connectivity index (χ1v) is 10.3. The molecule has 1 atom stereocenters. The summed E-state index contributed by atoms with van der Waals surface area (Å²) in [6.07, 6.45) is 3.78. The van der Waals surface area contributed by atoms with Crippen LogP contribution in [0.15, 0.2) is 30.3 Å². The van der Waals surface area contributed by atoms with Gasteiger partial charge in [0.15, 0.2) is 0 Å². The number of piperidine rings is 1. The molecule has 1 saturated carbocycles. The molecule has 0 bridgehead atoms. The van der Waals surface area contributed by atoms with Gasteiger partial charge in [-0.25, -0.2) is 4.79 Å². The molecule has 1 unspecified atom stereocenters. The van der Waals surface area contributed by atoms with Crippen molar-refractivity contribution in [1.29, 1.82) is 5.26 Å². The zero-order valence-electron chi connectivity index (χ0n) is 16.8. The van der Waals surface area contributed by atoms with Gasteiger partial charge >= 0.3 is 6.03 Å². The first-order valence-electron chi connectivity index (χ1n) is 10.3. The number of hydrogen-bond acceptors (Lipinski definition) is 3. The first kappa shape index (κ1) is 20.2. The van der Waals surface area contributed by atoms with Crippen molar-refractivity contribution in [2.45, 2.75) is 63.5 Å². The van der Waals surface area contributed by atoms with E-state index in [0.717, 1.165) is 12.8 Å². The Hall–Kier alpha value is -2.55. The summed E-state index contributed by atoms with van der Waals surface area (Å²) in [5.41, 5.74) is 0.608. The van der Waals surface area contributed by atoms with Crippen LogP contribution < -0.4 is 10.6 Å². The number of urea groups is 1. The Bertz CT molecular complexity index is 729. The summed E-state index contributed by atoms with van der Waals surface area (Å²) in [4.78, 5) is 27.2. The summed E-state index contributed by atoms with van der Waals surface area (Å²) in [5.74, 6) is 0.489. The Labute approximate surface area is 167 Å². The van der Waals surface area contributed by atoms with Crippen molar-refractivity contribution in [3.63, 3.8) is 0 Å². The summed E-state index contributed by atoms with van der Waals surface area (Å²) < 4.78 is 0. The Morgan fingerprint density at radius 3 is 2.39 bits per heavy atom. The molecule has 0 aromatic heterocycles. The molecule has 0 spiro atoms. The first-order chi connectivity index (χ1) is 13.4. The highest BCUT2D eigenvalue weighted by molar-refractivity contribution is 5.88. The third-order valence-corrected chi connectivity index (χ3v) is 5.70. The highest BCUT2D eigenvalue weighted by atomic mass is 16.2. The molecule has 1 aromatic carbocycles. The molecule has 0 radical (unpaired) electrons. The molecule has 6 nitrogen and oxygen atoms in total. The van der Waals surface area contributed by atoms with Crippen LogP contribution in [0.4, 0.5) is 4.79 Å². The largest absolute Gasteiger partial charge is 0.336 e. The van der Waals surface area contributed by atoms with Crippen LogP contribution >= 0.6 is 0 Å². The number of rotatable bonds is 6. The van der Waals surface area contributed by atoms with Crippen molar-refractivity contribution in [2.75, 3.05) is 13.1 Å². The van der Waals surface area contributed by atoms with Crippen molar-refractivity contribution >= 4 is 11.9 Å². The molecule has 1 aliphatic carbocycles. The van der Waals surface area contributed by atoms with Gasteiger partial charge in [0.25, 0.3) is 0 Å². The van der Waals surface area contributed by atoms with Gasteiger partial charge in [0, 0.05) is 13.1 Å². The second-order valence-electron chi connectivity index (χ2n) is 8.49. The lowest BCUT2D eigenvalue weighted by molar-refractivity contribution is -0.124. The maximum atomic E-state index is 12.8. The summed E-state index contributed by atoms with van der Waals surface area (Å²) in [6, 6.07) is 11.8. The van der Waals surface area contributed by atoms with Crippen LogP contribution in [0.2, 0.25) is 0 Å². The summed E-state index contributed by atoms with van der Waals surface area (Å²) in [7, 11) is 0. The lowest BCUT2D eigenvalue weighted by Gasteiger charge is -2.33. The standard InChI is InChI=1S/C22H30N4O2/c1-16(2)14-19(20(27)25-22(15-23)10-11-22)24-21(28)26-12-8-18(9-13-26)17-6-4-3-5-7-17/h3-7,16,18-19H,8-14H2,1-2H3,(H,24,28)(H,25,27). The monoisotopic (exact) mass is 382 g/mol. The molecule has 6 heteroatoms. The maximum Gasteiger partial charge on any atom is 0.318 e. The molecule has 1 aromatic rings. The van der Waals surface area contributed by atoms with Crippen LogP contribution in [-0.2, 0) is 4.79 Å². The number of likely N-dealkylation sites (tertiary alicyclic amines) is 1. The van der Waals surface area contributed by atoms with Crippen LogP contribution in [-0.4, -0.2) is 41.5 Å². The maximum absolute atomic E-state index is 12.8. The molecule has 1 saturated heterocycles. The minimum absolute atomic E-state index is 0.186. The Morgan fingerprint density at radius 1 is 1.21 bits per heavy atom. The molecule has 28 heavy (non-hydrogen) atoms. The summed E-state index contributed by atoms with van der Waals surface area (Å²) in [6.45, 7) is 5.41. The van der Waals surface area contributed by atoms with E-state index in [1.807, 2.05) is 19.9 Å². The number of nitriles is 1. The van der Waals surface area contributed by atoms with Gasteiger partial charge in [-0.2, -0.15) is 5.26 Å². The molecule has 150 valence electrons. The molecular weight excluding hydrogens is 352 g/mol. The van der Waals surface area contributed by atoms with Gasteiger partial charge in [-0.15, -0.1) is 0 Å². The van der Waals surface area contributed by atoms with Crippen molar-refractivity contribution in [3.05, 3.63) is 35.9 Å². The number of carbonyl (C=O) groups excluding carboxylic acids is 2. The van der Waals surface area contributed by atoms with Crippen LogP contribution in [0, 0.1) is 17.2 Å². The van der Waals surface area contributed by atoms with Gasteiger partial charge in [-0.1, -0.05) is 44.2 Å².